The van der Waals surface area contributed by atoms with Gasteiger partial charge in [0.05, 0.1) is 29.5 Å². The van der Waals surface area contributed by atoms with Crippen molar-refractivity contribution in [1.29, 1.82) is 0 Å². The van der Waals surface area contributed by atoms with Crippen LogP contribution >= 0.6 is 0 Å². The maximum Gasteiger partial charge on any atom is 0.307 e. The van der Waals surface area contributed by atoms with Crippen LogP contribution in [0.2, 0.25) is 0 Å². The smallest absolute Gasteiger partial charge is 0.307 e. The van der Waals surface area contributed by atoms with Gasteiger partial charge in [-0.3, -0.25) is 14.3 Å². The molecule has 3 N–H and O–H groups in total. The van der Waals surface area contributed by atoms with Crippen LogP contribution in [0.15, 0.2) is 18.2 Å². The van der Waals surface area contributed by atoms with Gasteiger partial charge >= 0.3 is 5.97 Å². The monoisotopic (exact) mass is 330 g/mol. The van der Waals surface area contributed by atoms with Crippen LogP contribution < -0.4 is 10.0 Å². The quantitative estimate of drug-likeness (QED) is 0.752. The zero-order valence-corrected chi connectivity index (χ0v) is 12.5. The van der Waals surface area contributed by atoms with Gasteiger partial charge in [0.1, 0.15) is 5.82 Å². The average Bonchev–Trinajstić information content (AvgIpc) is 2.28. The molecule has 1 aliphatic rings. The lowest BCUT2D eigenvalue weighted by Crippen LogP contribution is -2.41. The van der Waals surface area contributed by atoms with Crippen LogP contribution in [0.5, 0.6) is 0 Å². The Morgan fingerprint density at radius 1 is 1.23 bits per heavy atom. The number of hydrogen-bond acceptors (Lipinski definition) is 4. The Balaban J connectivity index is 2.19. The number of amides is 1. The van der Waals surface area contributed by atoms with Crippen LogP contribution in [0.4, 0.5) is 15.8 Å². The number of benzene rings is 1. The van der Waals surface area contributed by atoms with Crippen LogP contribution in [0.25, 0.3) is 0 Å². The molecular formula is C13H15FN2O5S. The molecule has 22 heavy (non-hydrogen) atoms. The molecule has 0 heterocycles. The van der Waals surface area contributed by atoms with E-state index < -0.39 is 39.6 Å². The fourth-order valence-corrected chi connectivity index (χ4v) is 2.81. The molecule has 2 rings (SSSR count). The minimum Gasteiger partial charge on any atom is -0.481 e. The third-order valence-corrected chi connectivity index (χ3v) is 4.05. The lowest BCUT2D eigenvalue weighted by molar-refractivity contribution is -0.151. The molecule has 9 heteroatoms. The molecule has 1 amide bonds. The minimum atomic E-state index is -3.65. The summed E-state index contributed by atoms with van der Waals surface area (Å²) in [6, 6.07) is 3.22. The Morgan fingerprint density at radius 3 is 2.36 bits per heavy atom. The molecule has 0 saturated heterocycles. The van der Waals surface area contributed by atoms with Crippen molar-refractivity contribution in [3.8, 4) is 0 Å². The van der Waals surface area contributed by atoms with Gasteiger partial charge in [-0.2, -0.15) is 0 Å². The molecule has 0 spiro atoms. The van der Waals surface area contributed by atoms with Crippen molar-refractivity contribution in [2.45, 2.75) is 12.8 Å². The fraction of sp³-hybridized carbons (Fsp3) is 0.385. The van der Waals surface area contributed by atoms with E-state index in [9.17, 15) is 22.4 Å². The number of anilines is 2. The van der Waals surface area contributed by atoms with Crippen LogP contribution in [0.3, 0.4) is 0 Å². The summed E-state index contributed by atoms with van der Waals surface area (Å²) in [5, 5.41) is 11.4. The first-order valence-electron chi connectivity index (χ1n) is 6.48. The Bertz CT molecular complexity index is 719. The first-order valence-corrected chi connectivity index (χ1v) is 8.37. The molecule has 1 aliphatic carbocycles. The summed E-state index contributed by atoms with van der Waals surface area (Å²) in [5.74, 6) is -3.65. The molecule has 7 nitrogen and oxygen atoms in total. The highest BCUT2D eigenvalue weighted by atomic mass is 32.2. The molecule has 2 atom stereocenters. The second-order valence-electron chi connectivity index (χ2n) is 5.18. The molecule has 0 bridgehead atoms. The van der Waals surface area contributed by atoms with Crippen molar-refractivity contribution in [2.75, 3.05) is 16.3 Å². The topological polar surface area (TPSA) is 113 Å². The number of halogens is 1. The number of aliphatic carboxylic acids is 1. The first kappa shape index (κ1) is 16.2. The predicted molar refractivity (Wildman–Crippen MR) is 77.3 cm³/mol. The number of carboxylic acids is 1. The maximum absolute atomic E-state index is 13.2. The van der Waals surface area contributed by atoms with Crippen molar-refractivity contribution in [3.05, 3.63) is 24.0 Å². The molecule has 1 saturated carbocycles. The number of carbonyl (C=O) groups is 2. The Labute approximate surface area is 126 Å². The highest BCUT2D eigenvalue weighted by molar-refractivity contribution is 7.92. The second-order valence-corrected chi connectivity index (χ2v) is 6.93. The van der Waals surface area contributed by atoms with E-state index in [1.165, 1.54) is 6.07 Å². The Morgan fingerprint density at radius 2 is 1.86 bits per heavy atom. The fourth-order valence-electron chi connectivity index (χ4n) is 2.24. The van der Waals surface area contributed by atoms with Crippen LogP contribution in [0, 0.1) is 17.7 Å². The van der Waals surface area contributed by atoms with E-state index in [1.54, 1.807) is 0 Å². The molecule has 0 unspecified atom stereocenters. The summed E-state index contributed by atoms with van der Waals surface area (Å²) in [6.45, 7) is 0. The number of carboxylic acid groups (broad SMARTS) is 1. The minimum absolute atomic E-state index is 0.0767. The van der Waals surface area contributed by atoms with Gasteiger partial charge in [0.15, 0.2) is 0 Å². The van der Waals surface area contributed by atoms with Crippen LogP contribution in [-0.4, -0.2) is 31.7 Å². The van der Waals surface area contributed by atoms with Crippen molar-refractivity contribution >= 4 is 33.3 Å². The van der Waals surface area contributed by atoms with E-state index in [1.807, 2.05) is 0 Å². The van der Waals surface area contributed by atoms with Gasteiger partial charge in [-0.05, 0) is 25.0 Å². The first-order chi connectivity index (χ1) is 10.2. The Kier molecular flexibility index (Phi) is 4.36. The lowest BCUT2D eigenvalue weighted by atomic mass is 9.73. The molecule has 120 valence electrons. The van der Waals surface area contributed by atoms with Gasteiger partial charge < -0.3 is 10.4 Å². The molecule has 1 aromatic rings. The summed E-state index contributed by atoms with van der Waals surface area (Å²) >= 11 is 0. The number of carbonyl (C=O) groups excluding carboxylic acids is 1. The van der Waals surface area contributed by atoms with Crippen molar-refractivity contribution < 1.29 is 27.5 Å². The average molecular weight is 330 g/mol. The van der Waals surface area contributed by atoms with Gasteiger partial charge in [0.2, 0.25) is 15.9 Å². The van der Waals surface area contributed by atoms with E-state index in [2.05, 4.69) is 10.0 Å². The third-order valence-electron chi connectivity index (χ3n) is 3.46. The van der Waals surface area contributed by atoms with Crippen LogP contribution in [-0.2, 0) is 19.6 Å². The number of hydrogen-bond donors (Lipinski definition) is 3. The standard InChI is InChI=1S/C13H15FN2O5S/c1-22(20,21)16-11-6-7(14)2-5-10(11)15-12(17)8-3-4-9(8)13(18)19/h2,5-6,8-9,16H,3-4H2,1H3,(H,15,17)(H,18,19)/t8-,9+/m1/s1. The number of sulfonamides is 1. The zero-order chi connectivity index (χ0) is 16.5. The maximum atomic E-state index is 13.2. The van der Waals surface area contributed by atoms with Gasteiger partial charge in [-0.15, -0.1) is 0 Å². The highest BCUT2D eigenvalue weighted by Gasteiger charge is 2.41. The van der Waals surface area contributed by atoms with E-state index in [4.69, 9.17) is 5.11 Å². The summed E-state index contributed by atoms with van der Waals surface area (Å²) in [5.41, 5.74) is -0.0325. The summed E-state index contributed by atoms with van der Waals surface area (Å²) in [6.07, 6.45) is 1.76. The second kappa shape index (κ2) is 5.91. The highest BCUT2D eigenvalue weighted by Crippen LogP contribution is 2.36. The molecule has 1 aromatic carbocycles. The van der Waals surface area contributed by atoms with Gasteiger partial charge in [0, 0.05) is 6.07 Å². The number of rotatable bonds is 5. The van der Waals surface area contributed by atoms with Gasteiger partial charge in [-0.25, -0.2) is 12.8 Å². The van der Waals surface area contributed by atoms with Crippen molar-refractivity contribution in [2.24, 2.45) is 11.8 Å². The normalized spacial score (nSPS) is 20.8. The molecule has 0 aromatic heterocycles. The van der Waals surface area contributed by atoms with E-state index >= 15 is 0 Å². The molecule has 1 fully saturated rings. The Hall–Kier alpha value is -2.16. The largest absolute Gasteiger partial charge is 0.481 e. The number of nitrogens with one attached hydrogen (secondary N) is 2. The van der Waals surface area contributed by atoms with Crippen molar-refractivity contribution in [3.63, 3.8) is 0 Å². The van der Waals surface area contributed by atoms with E-state index in [0.717, 1.165) is 18.4 Å². The van der Waals surface area contributed by atoms with Crippen molar-refractivity contribution in [1.82, 2.24) is 0 Å². The zero-order valence-electron chi connectivity index (χ0n) is 11.7. The molecular weight excluding hydrogens is 315 g/mol. The predicted octanol–water partition coefficient (Wildman–Crippen LogP) is 1.25. The van der Waals surface area contributed by atoms with E-state index in [-0.39, 0.29) is 11.4 Å². The molecule has 0 radical (unpaired) electrons. The van der Waals surface area contributed by atoms with Crippen LogP contribution in [0.1, 0.15) is 12.8 Å². The summed E-state index contributed by atoms with van der Waals surface area (Å²) < 4.78 is 37.9. The summed E-state index contributed by atoms with van der Waals surface area (Å²) in [7, 11) is -3.65. The lowest BCUT2D eigenvalue weighted by Gasteiger charge is -2.32. The van der Waals surface area contributed by atoms with Gasteiger partial charge in [-0.1, -0.05) is 0 Å². The van der Waals surface area contributed by atoms with Gasteiger partial charge in [0.25, 0.3) is 0 Å². The SMILES string of the molecule is CS(=O)(=O)Nc1cc(F)ccc1NC(=O)[C@@H]1CC[C@@H]1C(=O)O. The molecule has 0 aliphatic heterocycles. The third kappa shape index (κ3) is 3.73. The van der Waals surface area contributed by atoms with E-state index in [0.29, 0.717) is 12.8 Å². The summed E-state index contributed by atoms with van der Waals surface area (Å²) in [4.78, 5) is 23.0.